The van der Waals surface area contributed by atoms with Crippen LogP contribution in [0.3, 0.4) is 0 Å². The molecular weight excluding hydrogens is 419 g/mol. The first kappa shape index (κ1) is 22.1. The van der Waals surface area contributed by atoms with Crippen LogP contribution in [0.1, 0.15) is 24.1 Å². The van der Waals surface area contributed by atoms with Crippen LogP contribution in [0.25, 0.3) is 0 Å². The molecule has 1 atom stereocenters. The van der Waals surface area contributed by atoms with E-state index in [0.717, 1.165) is 17.7 Å². The summed E-state index contributed by atoms with van der Waals surface area (Å²) in [6, 6.07) is 11.6. The average molecular weight is 440 g/mol. The minimum Gasteiger partial charge on any atom is -0.340 e. The van der Waals surface area contributed by atoms with Crippen LogP contribution in [0.15, 0.2) is 48.5 Å². The number of piperazine rings is 1. The summed E-state index contributed by atoms with van der Waals surface area (Å²) in [4.78, 5) is 28.3. The molecule has 3 rings (SSSR count). The van der Waals surface area contributed by atoms with E-state index in [0.29, 0.717) is 26.2 Å². The van der Waals surface area contributed by atoms with Crippen molar-refractivity contribution in [1.82, 2.24) is 9.80 Å². The Bertz CT molecular complexity index is 913. The van der Waals surface area contributed by atoms with E-state index in [9.17, 15) is 22.8 Å². The van der Waals surface area contributed by atoms with Gasteiger partial charge in [-0.05, 0) is 23.8 Å². The second-order valence-electron chi connectivity index (χ2n) is 7.04. The maximum atomic E-state index is 13.1. The molecule has 2 aromatic rings. The van der Waals surface area contributed by atoms with Crippen LogP contribution in [0, 0.1) is 0 Å². The fourth-order valence-corrected chi connectivity index (χ4v) is 3.71. The van der Waals surface area contributed by atoms with Gasteiger partial charge in [-0.1, -0.05) is 41.9 Å². The Morgan fingerprint density at radius 1 is 1.03 bits per heavy atom. The molecule has 2 aromatic carbocycles. The Morgan fingerprint density at radius 2 is 1.67 bits per heavy atom. The van der Waals surface area contributed by atoms with Crippen molar-refractivity contribution in [3.8, 4) is 0 Å². The van der Waals surface area contributed by atoms with Crippen LogP contribution in [0.5, 0.6) is 0 Å². The Hall–Kier alpha value is -2.58. The molecule has 2 amide bonds. The van der Waals surface area contributed by atoms with Crippen molar-refractivity contribution in [3.05, 3.63) is 64.7 Å². The predicted octanol–water partition coefficient (Wildman–Crippen LogP) is 4.20. The molecule has 160 valence electrons. The monoisotopic (exact) mass is 439 g/mol. The molecule has 1 heterocycles. The van der Waals surface area contributed by atoms with Crippen LogP contribution in [-0.4, -0.2) is 47.8 Å². The molecule has 0 aliphatic carbocycles. The zero-order chi connectivity index (χ0) is 21.9. The number of benzene rings is 2. The van der Waals surface area contributed by atoms with Crippen molar-refractivity contribution in [2.45, 2.75) is 19.1 Å². The van der Waals surface area contributed by atoms with E-state index in [-0.39, 0.29) is 11.6 Å². The zero-order valence-electron chi connectivity index (χ0n) is 16.2. The van der Waals surface area contributed by atoms with E-state index in [1.54, 1.807) is 29.2 Å². The van der Waals surface area contributed by atoms with Gasteiger partial charge in [0.1, 0.15) is 6.04 Å². The van der Waals surface area contributed by atoms with Gasteiger partial charge in [0, 0.05) is 38.8 Å². The van der Waals surface area contributed by atoms with Crippen LogP contribution >= 0.6 is 11.6 Å². The van der Waals surface area contributed by atoms with Gasteiger partial charge in [-0.15, -0.1) is 0 Å². The maximum absolute atomic E-state index is 13.1. The number of amides is 2. The van der Waals surface area contributed by atoms with E-state index in [1.807, 2.05) is 11.0 Å². The SMILES string of the molecule is CC(=O)N1CCN(C(C(=O)Nc2ccc(Cl)c(C(F)(F)F)c2)c2ccccc2)CC1. The highest BCUT2D eigenvalue weighted by molar-refractivity contribution is 6.31. The first-order valence-electron chi connectivity index (χ1n) is 9.39. The molecule has 0 aromatic heterocycles. The Morgan fingerprint density at radius 3 is 2.23 bits per heavy atom. The molecule has 1 N–H and O–H groups in total. The second kappa shape index (κ2) is 9.06. The summed E-state index contributed by atoms with van der Waals surface area (Å²) < 4.78 is 39.4. The highest BCUT2D eigenvalue weighted by Crippen LogP contribution is 2.36. The average Bonchev–Trinajstić information content (AvgIpc) is 2.70. The molecule has 0 bridgehead atoms. The minimum atomic E-state index is -4.63. The predicted molar refractivity (Wildman–Crippen MR) is 108 cm³/mol. The zero-order valence-corrected chi connectivity index (χ0v) is 17.0. The lowest BCUT2D eigenvalue weighted by molar-refractivity contribution is -0.137. The van der Waals surface area contributed by atoms with Gasteiger partial charge < -0.3 is 10.2 Å². The highest BCUT2D eigenvalue weighted by Gasteiger charge is 2.34. The maximum Gasteiger partial charge on any atom is 0.417 e. The van der Waals surface area contributed by atoms with Gasteiger partial charge in [0.25, 0.3) is 0 Å². The number of carbonyl (C=O) groups excluding carboxylic acids is 2. The highest BCUT2D eigenvalue weighted by atomic mass is 35.5. The van der Waals surface area contributed by atoms with E-state index in [2.05, 4.69) is 5.32 Å². The van der Waals surface area contributed by atoms with Gasteiger partial charge in [0.2, 0.25) is 11.8 Å². The Balaban J connectivity index is 1.84. The molecule has 1 aliphatic heterocycles. The van der Waals surface area contributed by atoms with Gasteiger partial charge in [0.15, 0.2) is 0 Å². The number of nitrogens with zero attached hydrogens (tertiary/aromatic N) is 2. The Kier molecular flexibility index (Phi) is 6.67. The summed E-state index contributed by atoms with van der Waals surface area (Å²) in [5.41, 5.74) is -0.274. The summed E-state index contributed by atoms with van der Waals surface area (Å²) in [5.74, 6) is -0.482. The summed E-state index contributed by atoms with van der Waals surface area (Å²) in [5, 5.41) is 2.16. The van der Waals surface area contributed by atoms with Gasteiger partial charge in [0.05, 0.1) is 10.6 Å². The number of hydrogen-bond donors (Lipinski definition) is 1. The Labute approximate surface area is 177 Å². The number of anilines is 1. The molecule has 1 aliphatic rings. The third kappa shape index (κ3) is 5.12. The quantitative estimate of drug-likeness (QED) is 0.776. The number of halogens is 4. The summed E-state index contributed by atoms with van der Waals surface area (Å²) in [6.07, 6.45) is -4.63. The number of rotatable bonds is 4. The van der Waals surface area contributed by atoms with Gasteiger partial charge in [-0.3, -0.25) is 14.5 Å². The first-order chi connectivity index (χ1) is 14.2. The fraction of sp³-hybridized carbons (Fsp3) is 0.333. The normalized spacial score (nSPS) is 16.2. The van der Waals surface area contributed by atoms with Crippen molar-refractivity contribution in [2.75, 3.05) is 31.5 Å². The third-order valence-corrected chi connectivity index (χ3v) is 5.36. The molecule has 1 fully saturated rings. The molecular formula is C21H21ClF3N3O2. The molecule has 30 heavy (non-hydrogen) atoms. The van der Waals surface area contributed by atoms with E-state index >= 15 is 0 Å². The van der Waals surface area contributed by atoms with E-state index in [4.69, 9.17) is 11.6 Å². The van der Waals surface area contributed by atoms with Crippen LogP contribution in [-0.2, 0) is 15.8 Å². The smallest absolute Gasteiger partial charge is 0.340 e. The van der Waals surface area contributed by atoms with Crippen LogP contribution in [0.2, 0.25) is 5.02 Å². The molecule has 1 unspecified atom stereocenters. The molecule has 0 saturated carbocycles. The molecule has 5 nitrogen and oxygen atoms in total. The van der Waals surface area contributed by atoms with Crippen molar-refractivity contribution in [3.63, 3.8) is 0 Å². The number of nitrogens with one attached hydrogen (secondary N) is 1. The van der Waals surface area contributed by atoms with E-state index in [1.165, 1.54) is 13.0 Å². The lowest BCUT2D eigenvalue weighted by Gasteiger charge is -2.38. The fourth-order valence-electron chi connectivity index (χ4n) is 3.49. The summed E-state index contributed by atoms with van der Waals surface area (Å²) in [6.45, 7) is 3.40. The number of carbonyl (C=O) groups is 2. The molecule has 1 saturated heterocycles. The third-order valence-electron chi connectivity index (χ3n) is 5.03. The summed E-state index contributed by atoms with van der Waals surface area (Å²) >= 11 is 5.66. The first-order valence-corrected chi connectivity index (χ1v) is 9.76. The lowest BCUT2D eigenvalue weighted by atomic mass is 10.0. The molecule has 0 radical (unpaired) electrons. The number of hydrogen-bond acceptors (Lipinski definition) is 3. The van der Waals surface area contributed by atoms with Crippen molar-refractivity contribution in [2.24, 2.45) is 0 Å². The lowest BCUT2D eigenvalue weighted by Crippen LogP contribution is -2.51. The topological polar surface area (TPSA) is 52.7 Å². The molecule has 0 spiro atoms. The van der Waals surface area contributed by atoms with Crippen molar-refractivity contribution in [1.29, 1.82) is 0 Å². The summed E-state index contributed by atoms with van der Waals surface area (Å²) in [7, 11) is 0. The van der Waals surface area contributed by atoms with Crippen LogP contribution in [0.4, 0.5) is 18.9 Å². The standard InChI is InChI=1S/C21H21ClF3N3O2/c1-14(29)27-9-11-28(12-10-27)19(15-5-3-2-4-6-15)20(30)26-16-7-8-18(22)17(13-16)21(23,24)25/h2-8,13,19H,9-12H2,1H3,(H,26,30). The van der Waals surface area contributed by atoms with E-state index < -0.39 is 28.7 Å². The van der Waals surface area contributed by atoms with Gasteiger partial charge >= 0.3 is 6.18 Å². The van der Waals surface area contributed by atoms with Gasteiger partial charge in [-0.2, -0.15) is 13.2 Å². The van der Waals surface area contributed by atoms with Gasteiger partial charge in [-0.25, -0.2) is 0 Å². The van der Waals surface area contributed by atoms with Crippen molar-refractivity contribution >= 4 is 29.1 Å². The van der Waals surface area contributed by atoms with Crippen molar-refractivity contribution < 1.29 is 22.8 Å². The number of alkyl halides is 3. The minimum absolute atomic E-state index is 0.0139. The second-order valence-corrected chi connectivity index (χ2v) is 7.44. The largest absolute Gasteiger partial charge is 0.417 e. The van der Waals surface area contributed by atoms with Crippen LogP contribution < -0.4 is 5.32 Å². The molecule has 9 heteroatoms.